The van der Waals surface area contributed by atoms with Gasteiger partial charge >= 0.3 is 0 Å². The summed E-state index contributed by atoms with van der Waals surface area (Å²) in [6, 6.07) is 17.7. The number of nitrogens with one attached hydrogen (secondary N) is 1. The lowest BCUT2D eigenvalue weighted by Crippen LogP contribution is -2.46. The van der Waals surface area contributed by atoms with Crippen molar-refractivity contribution in [2.45, 2.75) is 50.7 Å². The van der Waals surface area contributed by atoms with Gasteiger partial charge in [-0.2, -0.15) is 0 Å². The van der Waals surface area contributed by atoms with Gasteiger partial charge in [0, 0.05) is 34.0 Å². The van der Waals surface area contributed by atoms with E-state index in [2.05, 4.69) is 11.4 Å². The number of carbonyl (C=O) groups is 1. The summed E-state index contributed by atoms with van der Waals surface area (Å²) in [5.74, 6) is 0.00884. The number of hydrogen-bond donors (Lipinski definition) is 1. The highest BCUT2D eigenvalue weighted by molar-refractivity contribution is 5.75. The molecule has 0 bridgehead atoms. The number of rotatable bonds is 6. The Kier molecular flexibility index (Phi) is 6.39. The molecular formula is C24H30N4O3+2. The van der Waals surface area contributed by atoms with Crippen molar-refractivity contribution < 1.29 is 14.4 Å². The Labute approximate surface area is 182 Å². The summed E-state index contributed by atoms with van der Waals surface area (Å²) < 4.78 is 1.04. The summed E-state index contributed by atoms with van der Waals surface area (Å²) in [6.07, 6.45) is 1.92. The van der Waals surface area contributed by atoms with Crippen molar-refractivity contribution >= 4 is 5.91 Å². The van der Waals surface area contributed by atoms with Gasteiger partial charge < -0.3 is 5.32 Å². The maximum absolute atomic E-state index is 13.0. The van der Waals surface area contributed by atoms with Crippen LogP contribution < -0.4 is 5.32 Å². The molecule has 2 heterocycles. The second kappa shape index (κ2) is 9.37. The number of nitrogens with zero attached hydrogens (tertiary/aromatic N) is 3. The van der Waals surface area contributed by atoms with Crippen molar-refractivity contribution in [3.63, 3.8) is 0 Å². The highest BCUT2D eigenvalue weighted by Crippen LogP contribution is 2.32. The third-order valence-corrected chi connectivity index (χ3v) is 6.28. The quantitative estimate of drug-likeness (QED) is 0.724. The van der Waals surface area contributed by atoms with Gasteiger partial charge in [-0.1, -0.05) is 55.5 Å². The minimum atomic E-state index is -0.216. The Morgan fingerprint density at radius 1 is 1.06 bits per heavy atom. The van der Waals surface area contributed by atoms with Crippen molar-refractivity contribution in [2.24, 2.45) is 0 Å². The molecule has 4 rings (SSSR count). The van der Waals surface area contributed by atoms with Gasteiger partial charge in [-0.15, -0.1) is 5.01 Å². The zero-order chi connectivity index (χ0) is 21.8. The van der Waals surface area contributed by atoms with Crippen LogP contribution in [0.5, 0.6) is 0 Å². The van der Waals surface area contributed by atoms with Gasteiger partial charge in [0.25, 0.3) is 6.04 Å². The lowest BCUT2D eigenvalue weighted by atomic mass is 9.87. The predicted molar refractivity (Wildman–Crippen MR) is 117 cm³/mol. The molecule has 0 aliphatic carbocycles. The number of nitroso groups, excluding NO2 is 2. The fraction of sp³-hybridized carbons (Fsp3) is 0.458. The van der Waals surface area contributed by atoms with Crippen LogP contribution in [0.2, 0.25) is 0 Å². The van der Waals surface area contributed by atoms with E-state index in [1.165, 1.54) is 0 Å². The summed E-state index contributed by atoms with van der Waals surface area (Å²) in [7, 11) is 0. The third-order valence-electron chi connectivity index (χ3n) is 6.28. The van der Waals surface area contributed by atoms with Gasteiger partial charge in [-0.05, 0) is 23.6 Å². The summed E-state index contributed by atoms with van der Waals surface area (Å²) in [6.45, 7) is 3.87. The Hall–Kier alpha value is -3.09. The average molecular weight is 423 g/mol. The normalized spacial score (nSPS) is 23.8. The van der Waals surface area contributed by atoms with Crippen LogP contribution in [0.25, 0.3) is 0 Å². The number of hydrogen-bond acceptors (Lipinski definition) is 3. The Bertz CT molecular complexity index is 962. The first-order chi connectivity index (χ1) is 15.0. The van der Waals surface area contributed by atoms with Crippen LogP contribution in [0.1, 0.15) is 54.8 Å². The molecule has 0 aromatic heterocycles. The summed E-state index contributed by atoms with van der Waals surface area (Å²) in [5.41, 5.74) is 3.17. The molecule has 31 heavy (non-hydrogen) atoms. The van der Waals surface area contributed by atoms with Crippen molar-refractivity contribution in [1.29, 1.82) is 0 Å². The molecular weight excluding hydrogens is 392 g/mol. The molecule has 2 aliphatic heterocycles. The Morgan fingerprint density at radius 3 is 2.61 bits per heavy atom. The SMILES string of the molecule is CCC(=O)NC1CC(c2cccc(C3CCN(Cc4ccccc4)[N+]3=O)c2)C[N+](=O)C1. The standard InChI is InChI=1S/C24H29N4O3/c1-2-24(29)25-22-14-21(16-27(30)17-22)19-9-6-10-20(13-19)23-11-12-26(28(23)31)15-18-7-4-3-5-8-18/h3-10,13,21-23H,2,11-12,14-17H2,1H3/q+1/p+1. The Balaban J connectivity index is 1.46. The molecule has 7 nitrogen and oxygen atoms in total. The second-order valence-corrected chi connectivity index (χ2v) is 8.55. The van der Waals surface area contributed by atoms with E-state index in [0.717, 1.165) is 45.7 Å². The van der Waals surface area contributed by atoms with E-state index in [1.807, 2.05) is 60.5 Å². The molecule has 2 fully saturated rings. The summed E-state index contributed by atoms with van der Waals surface area (Å²) >= 11 is 0. The van der Waals surface area contributed by atoms with E-state index in [0.29, 0.717) is 26.1 Å². The van der Waals surface area contributed by atoms with Gasteiger partial charge in [0.2, 0.25) is 12.5 Å². The average Bonchev–Trinajstić information content (AvgIpc) is 3.14. The van der Waals surface area contributed by atoms with Crippen LogP contribution in [0, 0.1) is 9.81 Å². The molecule has 0 radical (unpaired) electrons. The largest absolute Gasteiger partial charge is 0.347 e. The minimum Gasteiger partial charge on any atom is -0.347 e. The lowest BCUT2D eigenvalue weighted by molar-refractivity contribution is -0.720. The van der Waals surface area contributed by atoms with E-state index >= 15 is 0 Å². The number of piperidine rings is 1. The van der Waals surface area contributed by atoms with Crippen molar-refractivity contribution in [3.05, 3.63) is 81.1 Å². The fourth-order valence-corrected chi connectivity index (χ4v) is 4.67. The van der Waals surface area contributed by atoms with Gasteiger partial charge in [-0.3, -0.25) is 4.79 Å². The zero-order valence-corrected chi connectivity index (χ0v) is 17.9. The lowest BCUT2D eigenvalue weighted by Gasteiger charge is -2.25. The van der Waals surface area contributed by atoms with Gasteiger partial charge in [-0.25, -0.2) is 0 Å². The van der Waals surface area contributed by atoms with Gasteiger partial charge in [0.05, 0.1) is 17.5 Å². The van der Waals surface area contributed by atoms with Crippen LogP contribution >= 0.6 is 0 Å². The zero-order valence-electron chi connectivity index (χ0n) is 17.9. The summed E-state index contributed by atoms with van der Waals surface area (Å²) in [4.78, 5) is 38.1. The monoisotopic (exact) mass is 422 g/mol. The first-order valence-corrected chi connectivity index (χ1v) is 11.1. The van der Waals surface area contributed by atoms with Crippen LogP contribution in [0.4, 0.5) is 0 Å². The predicted octanol–water partition coefficient (Wildman–Crippen LogP) is 3.49. The smallest absolute Gasteiger partial charge is 0.261 e. The van der Waals surface area contributed by atoms with Crippen molar-refractivity contribution in [2.75, 3.05) is 19.6 Å². The van der Waals surface area contributed by atoms with Gasteiger partial charge in [0.1, 0.15) is 11.4 Å². The van der Waals surface area contributed by atoms with Crippen LogP contribution in [-0.2, 0) is 11.3 Å². The molecule has 2 saturated heterocycles. The second-order valence-electron chi connectivity index (χ2n) is 8.55. The molecule has 1 amide bonds. The minimum absolute atomic E-state index is 0.0285. The van der Waals surface area contributed by atoms with Crippen molar-refractivity contribution in [1.82, 2.24) is 10.3 Å². The molecule has 2 aromatic rings. The van der Waals surface area contributed by atoms with Gasteiger partial charge in [0.15, 0.2) is 6.54 Å². The first-order valence-electron chi connectivity index (χ1n) is 11.1. The molecule has 3 atom stereocenters. The number of amides is 1. The van der Waals surface area contributed by atoms with E-state index in [4.69, 9.17) is 0 Å². The highest BCUT2D eigenvalue weighted by atomic mass is 16.3. The topological polar surface area (TPSA) is 72.5 Å². The van der Waals surface area contributed by atoms with E-state index in [9.17, 15) is 14.6 Å². The number of carbonyl (C=O) groups excluding carboxylic acids is 1. The molecule has 0 saturated carbocycles. The van der Waals surface area contributed by atoms with E-state index in [1.54, 1.807) is 0 Å². The van der Waals surface area contributed by atoms with Crippen LogP contribution in [0.15, 0.2) is 54.6 Å². The molecule has 162 valence electrons. The van der Waals surface area contributed by atoms with E-state index < -0.39 is 0 Å². The molecule has 2 aliphatic rings. The molecule has 1 N–H and O–H groups in total. The molecule has 7 heteroatoms. The van der Waals surface area contributed by atoms with E-state index in [-0.39, 0.29) is 23.9 Å². The fourth-order valence-electron chi connectivity index (χ4n) is 4.67. The molecule has 3 unspecified atom stereocenters. The van der Waals surface area contributed by atoms with Crippen molar-refractivity contribution in [3.8, 4) is 0 Å². The number of benzene rings is 2. The summed E-state index contributed by atoms with van der Waals surface area (Å²) in [5, 5.41) is 4.81. The van der Waals surface area contributed by atoms with Crippen LogP contribution in [0.3, 0.4) is 0 Å². The van der Waals surface area contributed by atoms with Crippen LogP contribution in [-0.4, -0.2) is 46.2 Å². The number of hydrazine groups is 1. The third kappa shape index (κ3) is 4.98. The molecule has 2 aromatic carbocycles. The maximum Gasteiger partial charge on any atom is 0.261 e. The first kappa shape index (κ1) is 21.2. The molecule has 0 spiro atoms. The highest BCUT2D eigenvalue weighted by Gasteiger charge is 2.41. The maximum atomic E-state index is 13.0. The Morgan fingerprint density at radius 2 is 1.84 bits per heavy atom.